The predicted molar refractivity (Wildman–Crippen MR) is 110 cm³/mol. The van der Waals surface area contributed by atoms with Crippen molar-refractivity contribution in [1.82, 2.24) is 9.97 Å². The molecule has 0 atom stereocenters. The average molecular weight is 364 g/mol. The fourth-order valence-electron chi connectivity index (χ4n) is 2.80. The number of para-hydroxylation sites is 4. The van der Waals surface area contributed by atoms with Crippen molar-refractivity contribution in [1.29, 1.82) is 0 Å². The van der Waals surface area contributed by atoms with Crippen molar-refractivity contribution < 1.29 is 8.83 Å². The van der Waals surface area contributed by atoms with E-state index in [1.165, 1.54) is 0 Å². The van der Waals surface area contributed by atoms with E-state index < -0.39 is 0 Å². The molecule has 0 bridgehead atoms. The number of benzene rings is 2. The summed E-state index contributed by atoms with van der Waals surface area (Å²) in [7, 11) is 0. The molecule has 4 aromatic rings. The van der Waals surface area contributed by atoms with E-state index in [1.54, 1.807) is 0 Å². The molecule has 0 radical (unpaired) electrons. The van der Waals surface area contributed by atoms with Gasteiger partial charge in [-0.2, -0.15) is 0 Å². The second kappa shape index (κ2) is 8.85. The van der Waals surface area contributed by atoms with E-state index in [4.69, 9.17) is 8.83 Å². The molecule has 2 aromatic carbocycles. The van der Waals surface area contributed by atoms with E-state index in [1.807, 2.05) is 48.5 Å². The van der Waals surface area contributed by atoms with Gasteiger partial charge in [0.15, 0.2) is 22.9 Å². The van der Waals surface area contributed by atoms with E-state index in [2.05, 4.69) is 37.7 Å². The molecule has 4 heteroatoms. The first-order valence-electron chi connectivity index (χ1n) is 9.70. The lowest BCUT2D eigenvalue weighted by atomic mass is 10.1. The lowest BCUT2D eigenvalue weighted by Gasteiger charge is -1.99. The van der Waals surface area contributed by atoms with Crippen LogP contribution in [0.3, 0.4) is 0 Å². The zero-order valence-corrected chi connectivity index (χ0v) is 16.6. The van der Waals surface area contributed by atoms with Gasteiger partial charge >= 0.3 is 0 Å². The number of hydrogen-bond acceptors (Lipinski definition) is 4. The van der Waals surface area contributed by atoms with Gasteiger partial charge in [-0.1, -0.05) is 52.0 Å². The monoisotopic (exact) mass is 364 g/mol. The van der Waals surface area contributed by atoms with Crippen LogP contribution in [0.4, 0.5) is 0 Å². The number of fused-ring (bicyclic) bond motifs is 2. The Labute approximate surface area is 160 Å². The Balaban J connectivity index is 0.000000156. The van der Waals surface area contributed by atoms with E-state index in [0.29, 0.717) is 11.8 Å². The summed E-state index contributed by atoms with van der Waals surface area (Å²) in [5, 5.41) is 0. The largest absolute Gasteiger partial charge is 0.441 e. The molecule has 0 fully saturated rings. The third kappa shape index (κ3) is 5.43. The summed E-state index contributed by atoms with van der Waals surface area (Å²) in [5.74, 6) is 2.99. The Morgan fingerprint density at radius 1 is 0.704 bits per heavy atom. The first kappa shape index (κ1) is 19.2. The number of aryl methyl sites for hydroxylation is 1. The molecule has 2 heterocycles. The smallest absolute Gasteiger partial charge is 0.195 e. The topological polar surface area (TPSA) is 52.1 Å². The Morgan fingerprint density at radius 2 is 1.22 bits per heavy atom. The lowest BCUT2D eigenvalue weighted by molar-refractivity contribution is 0.482. The van der Waals surface area contributed by atoms with Crippen LogP contribution < -0.4 is 0 Å². The zero-order chi connectivity index (χ0) is 19.2. The number of nitrogens with zero attached hydrogens (tertiary/aromatic N) is 2. The molecule has 0 aliphatic heterocycles. The standard InChI is InChI=1S/C12H15NO.C11H13NO/c1-9(2)7-8-12-13-10-5-3-4-6-11(10)14-12;1-8(2)7-11-12-9-5-3-4-6-10(9)13-11/h3-6,9H,7-8H2,1-2H3;3-6,8H,7H2,1-2H3. The third-order valence-corrected chi connectivity index (χ3v) is 4.19. The third-order valence-electron chi connectivity index (χ3n) is 4.19. The van der Waals surface area contributed by atoms with Gasteiger partial charge < -0.3 is 8.83 Å². The minimum Gasteiger partial charge on any atom is -0.441 e. The Kier molecular flexibility index (Phi) is 6.28. The molecule has 0 aliphatic carbocycles. The molecule has 0 saturated carbocycles. The fourth-order valence-corrected chi connectivity index (χ4v) is 2.80. The predicted octanol–water partition coefficient (Wildman–Crippen LogP) is 6.44. The van der Waals surface area contributed by atoms with Gasteiger partial charge in [0, 0.05) is 12.8 Å². The highest BCUT2D eigenvalue weighted by Gasteiger charge is 2.06. The number of oxazole rings is 2. The number of hydrogen-bond donors (Lipinski definition) is 0. The van der Waals surface area contributed by atoms with Crippen molar-refractivity contribution in [3.8, 4) is 0 Å². The minimum atomic E-state index is 0.591. The number of rotatable bonds is 5. The highest BCUT2D eigenvalue weighted by Crippen LogP contribution is 2.17. The summed E-state index contributed by atoms with van der Waals surface area (Å²) in [6.45, 7) is 8.75. The van der Waals surface area contributed by atoms with E-state index in [9.17, 15) is 0 Å². The van der Waals surface area contributed by atoms with Crippen molar-refractivity contribution >= 4 is 22.2 Å². The van der Waals surface area contributed by atoms with Crippen LogP contribution in [0, 0.1) is 11.8 Å². The minimum absolute atomic E-state index is 0.591. The highest BCUT2D eigenvalue weighted by atomic mass is 16.4. The molecule has 2 aromatic heterocycles. The molecule has 0 amide bonds. The maximum atomic E-state index is 5.61. The van der Waals surface area contributed by atoms with Gasteiger partial charge in [0.2, 0.25) is 0 Å². The van der Waals surface area contributed by atoms with Gasteiger partial charge in [-0.05, 0) is 42.5 Å². The molecule has 27 heavy (non-hydrogen) atoms. The van der Waals surface area contributed by atoms with Gasteiger partial charge in [-0.3, -0.25) is 0 Å². The molecule has 4 rings (SSSR count). The van der Waals surface area contributed by atoms with Crippen LogP contribution in [0.25, 0.3) is 22.2 Å². The summed E-state index contributed by atoms with van der Waals surface area (Å²) >= 11 is 0. The van der Waals surface area contributed by atoms with Crippen LogP contribution in [-0.2, 0) is 12.8 Å². The van der Waals surface area contributed by atoms with Gasteiger partial charge in [-0.25, -0.2) is 9.97 Å². The first-order valence-corrected chi connectivity index (χ1v) is 9.70. The molecule has 0 N–H and O–H groups in total. The molecule has 0 unspecified atom stereocenters. The Hall–Kier alpha value is -2.62. The van der Waals surface area contributed by atoms with Gasteiger partial charge in [0.05, 0.1) is 0 Å². The van der Waals surface area contributed by atoms with Gasteiger partial charge in [0.25, 0.3) is 0 Å². The van der Waals surface area contributed by atoms with Gasteiger partial charge in [-0.15, -0.1) is 0 Å². The first-order chi connectivity index (χ1) is 13.0. The summed E-state index contributed by atoms with van der Waals surface area (Å²) in [4.78, 5) is 8.80. The molecule has 4 nitrogen and oxygen atoms in total. The van der Waals surface area contributed by atoms with Crippen LogP contribution >= 0.6 is 0 Å². The SMILES string of the molecule is CC(C)CCc1nc2ccccc2o1.CC(C)Cc1nc2ccccc2o1. The lowest BCUT2D eigenvalue weighted by Crippen LogP contribution is -1.93. The van der Waals surface area contributed by atoms with Crippen molar-refractivity contribution in [2.24, 2.45) is 11.8 Å². The van der Waals surface area contributed by atoms with Gasteiger partial charge in [0.1, 0.15) is 11.0 Å². The quantitative estimate of drug-likeness (QED) is 0.409. The number of aromatic nitrogens is 2. The zero-order valence-electron chi connectivity index (χ0n) is 16.6. The Bertz CT molecular complexity index is 916. The summed E-state index contributed by atoms with van der Waals surface area (Å²) in [6, 6.07) is 15.8. The van der Waals surface area contributed by atoms with Crippen LogP contribution in [0.2, 0.25) is 0 Å². The van der Waals surface area contributed by atoms with Crippen LogP contribution in [0.1, 0.15) is 45.9 Å². The van der Waals surface area contributed by atoms with Crippen molar-refractivity contribution in [2.75, 3.05) is 0 Å². The highest BCUT2D eigenvalue weighted by molar-refractivity contribution is 5.72. The normalized spacial score (nSPS) is 11.3. The van der Waals surface area contributed by atoms with Crippen LogP contribution in [-0.4, -0.2) is 9.97 Å². The molecule has 142 valence electrons. The second-order valence-corrected chi connectivity index (χ2v) is 7.68. The van der Waals surface area contributed by atoms with Crippen LogP contribution in [0.15, 0.2) is 57.4 Å². The van der Waals surface area contributed by atoms with Crippen LogP contribution in [0.5, 0.6) is 0 Å². The summed E-state index contributed by atoms with van der Waals surface area (Å²) < 4.78 is 11.2. The van der Waals surface area contributed by atoms with Crippen molar-refractivity contribution in [2.45, 2.75) is 47.0 Å². The molecular weight excluding hydrogens is 336 g/mol. The van der Waals surface area contributed by atoms with E-state index >= 15 is 0 Å². The Morgan fingerprint density at radius 3 is 1.74 bits per heavy atom. The second-order valence-electron chi connectivity index (χ2n) is 7.68. The maximum Gasteiger partial charge on any atom is 0.195 e. The molecule has 0 aliphatic rings. The average Bonchev–Trinajstić information content (AvgIpc) is 3.22. The van der Waals surface area contributed by atoms with Crippen molar-refractivity contribution in [3.05, 3.63) is 60.3 Å². The summed E-state index contributed by atoms with van der Waals surface area (Å²) in [6.07, 6.45) is 2.98. The molecule has 0 spiro atoms. The summed E-state index contributed by atoms with van der Waals surface area (Å²) in [5.41, 5.74) is 3.70. The maximum absolute atomic E-state index is 5.61. The van der Waals surface area contributed by atoms with Crippen molar-refractivity contribution in [3.63, 3.8) is 0 Å². The molecular formula is C23H28N2O2. The van der Waals surface area contributed by atoms with E-state index in [-0.39, 0.29) is 0 Å². The fraction of sp³-hybridized carbons (Fsp3) is 0.391. The van der Waals surface area contributed by atoms with E-state index in [0.717, 1.165) is 53.2 Å². The molecule has 0 saturated heterocycles.